The Labute approximate surface area is 125 Å². The molecule has 0 unspecified atom stereocenters. The number of para-hydroxylation sites is 1. The van der Waals surface area contributed by atoms with Crippen LogP contribution in [-0.2, 0) is 0 Å². The van der Waals surface area contributed by atoms with E-state index in [1.165, 1.54) is 0 Å². The number of phenolic OH excluding ortho intramolecular Hbond substituents is 1. The van der Waals surface area contributed by atoms with E-state index in [4.69, 9.17) is 13.6 Å². The molecular weight excluding hydrogens is 263 g/mol. The molecule has 1 aliphatic rings. The summed E-state index contributed by atoms with van der Waals surface area (Å²) < 4.78 is 0. The minimum atomic E-state index is 0.184. The van der Waals surface area contributed by atoms with Crippen LogP contribution in [0.25, 0.3) is 11.3 Å². The fourth-order valence-electron chi connectivity index (χ4n) is 2.61. The molecule has 0 atom stereocenters. The van der Waals surface area contributed by atoms with Crippen LogP contribution in [0.1, 0.15) is 12.8 Å². The number of nitrogens with zero attached hydrogens (tertiary/aromatic N) is 3. The van der Waals surface area contributed by atoms with Crippen LogP contribution in [0.3, 0.4) is 0 Å². The molecule has 0 saturated carbocycles. The number of piperidine rings is 1. The summed E-state index contributed by atoms with van der Waals surface area (Å²) in [5.41, 5.74) is 8.09. The molecule has 3 N–H and O–H groups in total. The van der Waals surface area contributed by atoms with Crippen LogP contribution in [0.15, 0.2) is 30.3 Å². The molecule has 5 nitrogen and oxygen atoms in total. The number of hydrogen-bond acceptors (Lipinski definition) is 5. The van der Waals surface area contributed by atoms with Crippen LogP contribution < -0.4 is 10.6 Å². The van der Waals surface area contributed by atoms with E-state index >= 15 is 0 Å². The second-order valence-electron chi connectivity index (χ2n) is 5.34. The van der Waals surface area contributed by atoms with Crippen molar-refractivity contribution >= 4 is 19.4 Å². The van der Waals surface area contributed by atoms with Crippen molar-refractivity contribution in [2.75, 3.05) is 23.7 Å². The van der Waals surface area contributed by atoms with E-state index in [0.29, 0.717) is 17.1 Å². The highest BCUT2D eigenvalue weighted by molar-refractivity contribution is 6.11. The van der Waals surface area contributed by atoms with Crippen molar-refractivity contribution < 1.29 is 5.11 Å². The highest BCUT2D eigenvalue weighted by Crippen LogP contribution is 2.33. The Kier molecular flexibility index (Phi) is 3.69. The fourth-order valence-corrected chi connectivity index (χ4v) is 2.61. The van der Waals surface area contributed by atoms with E-state index < -0.39 is 0 Å². The predicted octanol–water partition coefficient (Wildman–Crippen LogP) is 1.99. The van der Waals surface area contributed by atoms with Gasteiger partial charge in [-0.1, -0.05) is 17.9 Å². The number of benzene rings is 1. The molecule has 6 heteroatoms. The van der Waals surface area contributed by atoms with Gasteiger partial charge in [-0.15, -0.1) is 10.2 Å². The SMILES string of the molecule is [B]C1CCN(c2cc(-c3ccccc3O)nnc2N)CC1. The Balaban J connectivity index is 1.95. The normalized spacial score (nSPS) is 16.1. The second-order valence-corrected chi connectivity index (χ2v) is 5.34. The summed E-state index contributed by atoms with van der Waals surface area (Å²) in [6.45, 7) is 1.72. The Morgan fingerprint density at radius 2 is 1.90 bits per heavy atom. The molecule has 0 aliphatic carbocycles. The van der Waals surface area contributed by atoms with Crippen LogP contribution in [0.4, 0.5) is 11.5 Å². The van der Waals surface area contributed by atoms with Gasteiger partial charge in [-0.3, -0.25) is 0 Å². The molecule has 0 bridgehead atoms. The van der Waals surface area contributed by atoms with E-state index in [1.807, 2.05) is 18.2 Å². The van der Waals surface area contributed by atoms with Gasteiger partial charge in [0, 0.05) is 18.7 Å². The maximum atomic E-state index is 9.94. The van der Waals surface area contributed by atoms with Gasteiger partial charge in [0.25, 0.3) is 0 Å². The first kappa shape index (κ1) is 13.7. The van der Waals surface area contributed by atoms with E-state index in [2.05, 4.69) is 15.1 Å². The van der Waals surface area contributed by atoms with Crippen LogP contribution in [0.5, 0.6) is 5.75 Å². The van der Waals surface area contributed by atoms with Gasteiger partial charge in [-0.25, -0.2) is 0 Å². The van der Waals surface area contributed by atoms with Gasteiger partial charge >= 0.3 is 0 Å². The van der Waals surface area contributed by atoms with Gasteiger partial charge in [0.2, 0.25) is 0 Å². The third kappa shape index (κ3) is 2.79. The van der Waals surface area contributed by atoms with E-state index in [-0.39, 0.29) is 11.6 Å². The molecule has 21 heavy (non-hydrogen) atoms. The molecule has 106 valence electrons. The van der Waals surface area contributed by atoms with Gasteiger partial charge in [0.1, 0.15) is 5.75 Å². The molecule has 2 aromatic rings. The second kappa shape index (κ2) is 5.64. The first-order valence-corrected chi connectivity index (χ1v) is 7.07. The molecule has 0 spiro atoms. The third-order valence-electron chi connectivity index (χ3n) is 3.86. The van der Waals surface area contributed by atoms with Gasteiger partial charge in [0.05, 0.1) is 19.2 Å². The number of aromatic hydroxyl groups is 1. The maximum absolute atomic E-state index is 9.94. The summed E-state index contributed by atoms with van der Waals surface area (Å²) in [4.78, 5) is 2.18. The average Bonchev–Trinajstić information content (AvgIpc) is 2.50. The zero-order chi connectivity index (χ0) is 14.8. The number of aromatic nitrogens is 2. The molecule has 2 heterocycles. The standard InChI is InChI=1S/C15H17BN4O/c16-10-5-7-20(8-6-10)13-9-12(18-19-15(13)17)11-3-1-2-4-14(11)21/h1-4,9-10,21H,5-8H2,(H2,17,19). The Bertz CT molecular complexity index is 641. The van der Waals surface area contributed by atoms with Crippen molar-refractivity contribution in [2.45, 2.75) is 18.7 Å². The summed E-state index contributed by atoms with van der Waals surface area (Å²) in [6.07, 6.45) is 1.88. The number of nitrogen functional groups attached to an aromatic ring is 1. The van der Waals surface area contributed by atoms with Crippen LogP contribution in [-0.4, -0.2) is 36.2 Å². The van der Waals surface area contributed by atoms with Gasteiger partial charge in [-0.2, -0.15) is 0 Å². The number of anilines is 2. The number of hydrogen-bond donors (Lipinski definition) is 2. The average molecular weight is 280 g/mol. The van der Waals surface area contributed by atoms with Gasteiger partial charge in [-0.05, 0) is 31.0 Å². The largest absolute Gasteiger partial charge is 0.507 e. The van der Waals surface area contributed by atoms with Gasteiger partial charge in [0.15, 0.2) is 5.82 Å². The lowest BCUT2D eigenvalue weighted by atomic mass is 9.79. The molecule has 1 aliphatic heterocycles. The topological polar surface area (TPSA) is 75.3 Å². The highest BCUT2D eigenvalue weighted by atomic mass is 16.3. The minimum Gasteiger partial charge on any atom is -0.507 e. The van der Waals surface area contributed by atoms with E-state index in [1.54, 1.807) is 12.1 Å². The molecule has 1 aromatic carbocycles. The zero-order valence-corrected chi connectivity index (χ0v) is 11.7. The van der Waals surface area contributed by atoms with Crippen molar-refractivity contribution in [3.05, 3.63) is 30.3 Å². The highest BCUT2D eigenvalue weighted by Gasteiger charge is 2.19. The van der Waals surface area contributed by atoms with Crippen molar-refractivity contribution in [1.82, 2.24) is 10.2 Å². The molecule has 2 radical (unpaired) electrons. The Hall–Kier alpha value is -2.24. The first-order chi connectivity index (χ1) is 10.1. The number of nitrogens with two attached hydrogens (primary N) is 1. The summed E-state index contributed by atoms with van der Waals surface area (Å²) in [7, 11) is 5.93. The van der Waals surface area contributed by atoms with Crippen molar-refractivity contribution in [3.63, 3.8) is 0 Å². The van der Waals surface area contributed by atoms with Crippen molar-refractivity contribution in [3.8, 4) is 17.0 Å². The fraction of sp³-hybridized carbons (Fsp3) is 0.333. The lowest BCUT2D eigenvalue weighted by Crippen LogP contribution is -2.32. The summed E-state index contributed by atoms with van der Waals surface area (Å²) in [6, 6.07) is 8.95. The third-order valence-corrected chi connectivity index (χ3v) is 3.86. The predicted molar refractivity (Wildman–Crippen MR) is 84.5 cm³/mol. The Morgan fingerprint density at radius 1 is 1.19 bits per heavy atom. The molecule has 1 fully saturated rings. The first-order valence-electron chi connectivity index (χ1n) is 7.07. The lowest BCUT2D eigenvalue weighted by molar-refractivity contribution is 0.477. The van der Waals surface area contributed by atoms with Crippen LogP contribution >= 0.6 is 0 Å². The quantitative estimate of drug-likeness (QED) is 0.823. The molecule has 3 rings (SSSR count). The number of rotatable bonds is 2. The zero-order valence-electron chi connectivity index (χ0n) is 11.7. The monoisotopic (exact) mass is 280 g/mol. The summed E-state index contributed by atoms with van der Waals surface area (Å²) in [5.74, 6) is 0.850. The maximum Gasteiger partial charge on any atom is 0.169 e. The lowest BCUT2D eigenvalue weighted by Gasteiger charge is -2.32. The molecule has 1 aromatic heterocycles. The smallest absolute Gasteiger partial charge is 0.169 e. The molecule has 0 amide bonds. The van der Waals surface area contributed by atoms with Gasteiger partial charge < -0.3 is 15.7 Å². The molecule has 1 saturated heterocycles. The van der Waals surface area contributed by atoms with E-state index in [9.17, 15) is 5.11 Å². The van der Waals surface area contributed by atoms with E-state index in [0.717, 1.165) is 31.6 Å². The minimum absolute atomic E-state index is 0.184. The molecular formula is C15H17BN4O. The summed E-state index contributed by atoms with van der Waals surface area (Å²) in [5, 5.41) is 18.1. The number of phenols is 1. The Morgan fingerprint density at radius 3 is 2.62 bits per heavy atom. The van der Waals surface area contributed by atoms with Crippen LogP contribution in [0, 0.1) is 0 Å². The van der Waals surface area contributed by atoms with Crippen molar-refractivity contribution in [1.29, 1.82) is 0 Å². The van der Waals surface area contributed by atoms with Crippen LogP contribution in [0.2, 0.25) is 5.82 Å². The summed E-state index contributed by atoms with van der Waals surface area (Å²) >= 11 is 0. The van der Waals surface area contributed by atoms with Crippen molar-refractivity contribution in [2.24, 2.45) is 0 Å².